The van der Waals surface area contributed by atoms with Crippen molar-refractivity contribution < 1.29 is 23.0 Å². The predicted octanol–water partition coefficient (Wildman–Crippen LogP) is 3.71. The van der Waals surface area contributed by atoms with Gasteiger partial charge in [0.05, 0.1) is 12.8 Å². The highest BCUT2D eigenvalue weighted by molar-refractivity contribution is 7.13. The van der Waals surface area contributed by atoms with Crippen LogP contribution in [-0.2, 0) is 0 Å². The van der Waals surface area contributed by atoms with Gasteiger partial charge in [-0.05, 0) is 19.1 Å². The number of nitrogens with one attached hydrogen (secondary N) is 2. The predicted molar refractivity (Wildman–Crippen MR) is 79.1 cm³/mol. The van der Waals surface area contributed by atoms with Crippen molar-refractivity contribution in [3.8, 4) is 11.5 Å². The fourth-order valence-corrected chi connectivity index (χ4v) is 2.30. The fraction of sp³-hybridized carbons (Fsp3) is 0.231. The third-order valence-corrected chi connectivity index (χ3v) is 3.35. The Morgan fingerprint density at radius 3 is 2.68 bits per heavy atom. The van der Waals surface area contributed by atoms with Crippen molar-refractivity contribution in [1.29, 1.82) is 0 Å². The van der Waals surface area contributed by atoms with Gasteiger partial charge in [0, 0.05) is 17.1 Å². The first kappa shape index (κ1) is 16.0. The second-order valence-corrected chi connectivity index (χ2v) is 4.98. The van der Waals surface area contributed by atoms with Gasteiger partial charge < -0.3 is 14.8 Å². The van der Waals surface area contributed by atoms with E-state index in [1.807, 2.05) is 0 Å². The molecular formula is C13H13F2N3O3S. The maximum Gasteiger partial charge on any atom is 0.387 e. The summed E-state index contributed by atoms with van der Waals surface area (Å²) in [5.41, 5.74) is 1.07. The van der Waals surface area contributed by atoms with Crippen LogP contribution in [0.25, 0.3) is 0 Å². The quantitative estimate of drug-likeness (QED) is 0.877. The van der Waals surface area contributed by atoms with E-state index >= 15 is 0 Å². The fourth-order valence-electron chi connectivity index (χ4n) is 1.61. The number of aromatic nitrogens is 1. The number of anilines is 2. The number of rotatable bonds is 5. The van der Waals surface area contributed by atoms with Crippen molar-refractivity contribution in [3.63, 3.8) is 0 Å². The number of benzene rings is 1. The maximum atomic E-state index is 12.3. The van der Waals surface area contributed by atoms with Crippen LogP contribution in [0.2, 0.25) is 0 Å². The molecule has 0 saturated heterocycles. The number of hydrogen-bond acceptors (Lipinski definition) is 5. The SMILES string of the molecule is COc1ccc(NC(=O)Nc2nc(C)cs2)cc1OC(F)F. The Hall–Kier alpha value is -2.42. The van der Waals surface area contributed by atoms with Crippen LogP contribution in [-0.4, -0.2) is 24.7 Å². The molecule has 1 aromatic heterocycles. The Kier molecular flexibility index (Phi) is 5.10. The Morgan fingerprint density at radius 2 is 2.09 bits per heavy atom. The van der Waals surface area contributed by atoms with E-state index in [0.717, 1.165) is 5.69 Å². The van der Waals surface area contributed by atoms with Crippen LogP contribution in [0, 0.1) is 6.92 Å². The number of carbonyl (C=O) groups is 1. The van der Waals surface area contributed by atoms with Crippen LogP contribution in [0.1, 0.15) is 5.69 Å². The van der Waals surface area contributed by atoms with Gasteiger partial charge in [-0.2, -0.15) is 8.78 Å². The van der Waals surface area contributed by atoms with Gasteiger partial charge >= 0.3 is 12.6 Å². The largest absolute Gasteiger partial charge is 0.493 e. The number of urea groups is 1. The Morgan fingerprint density at radius 1 is 1.32 bits per heavy atom. The molecule has 0 radical (unpaired) electrons. The number of hydrogen-bond donors (Lipinski definition) is 2. The number of ether oxygens (including phenoxy) is 2. The molecule has 2 aromatic rings. The van der Waals surface area contributed by atoms with E-state index in [1.165, 1.54) is 36.6 Å². The standard InChI is InChI=1S/C13H13F2N3O3S/c1-7-6-22-13(16-7)18-12(19)17-8-3-4-9(20-2)10(5-8)21-11(14)15/h3-6,11H,1-2H3,(H2,16,17,18,19). The van der Waals surface area contributed by atoms with Crippen molar-refractivity contribution in [3.05, 3.63) is 29.3 Å². The van der Waals surface area contributed by atoms with Crippen LogP contribution >= 0.6 is 11.3 Å². The molecule has 0 fully saturated rings. The molecule has 0 saturated carbocycles. The molecule has 2 rings (SSSR count). The minimum absolute atomic E-state index is 0.141. The summed E-state index contributed by atoms with van der Waals surface area (Å²) in [5, 5.41) is 7.26. The number of nitrogens with zero attached hydrogens (tertiary/aromatic N) is 1. The van der Waals surface area contributed by atoms with Crippen LogP contribution in [0.3, 0.4) is 0 Å². The van der Waals surface area contributed by atoms with Crippen molar-refractivity contribution in [2.75, 3.05) is 17.7 Å². The van der Waals surface area contributed by atoms with Gasteiger partial charge in [0.1, 0.15) is 0 Å². The summed E-state index contributed by atoms with van der Waals surface area (Å²) >= 11 is 1.28. The summed E-state index contributed by atoms with van der Waals surface area (Å²) in [6.07, 6.45) is 0. The van der Waals surface area contributed by atoms with Crippen LogP contribution in [0.15, 0.2) is 23.6 Å². The first-order valence-corrected chi connectivity index (χ1v) is 6.99. The zero-order chi connectivity index (χ0) is 16.1. The van der Waals surface area contributed by atoms with Crippen LogP contribution in [0.5, 0.6) is 11.5 Å². The van der Waals surface area contributed by atoms with E-state index < -0.39 is 12.6 Å². The molecule has 6 nitrogen and oxygen atoms in total. The van der Waals surface area contributed by atoms with E-state index in [0.29, 0.717) is 5.13 Å². The summed E-state index contributed by atoms with van der Waals surface area (Å²) in [6, 6.07) is 3.63. The lowest BCUT2D eigenvalue weighted by Crippen LogP contribution is -2.19. The average Bonchev–Trinajstić information content (AvgIpc) is 2.83. The second kappa shape index (κ2) is 7.03. The van der Waals surface area contributed by atoms with Crippen LogP contribution in [0.4, 0.5) is 24.4 Å². The molecule has 0 bridgehead atoms. The zero-order valence-electron chi connectivity index (χ0n) is 11.7. The normalized spacial score (nSPS) is 10.4. The molecule has 0 spiro atoms. The van der Waals surface area contributed by atoms with E-state index in [4.69, 9.17) is 4.74 Å². The molecule has 118 valence electrons. The molecule has 0 aliphatic rings. The third-order valence-electron chi connectivity index (χ3n) is 2.48. The minimum atomic E-state index is -2.99. The topological polar surface area (TPSA) is 72.5 Å². The van der Waals surface area contributed by atoms with Gasteiger partial charge in [0.25, 0.3) is 0 Å². The van der Waals surface area contributed by atoms with E-state index in [1.54, 1.807) is 12.3 Å². The molecule has 0 atom stereocenters. The highest BCUT2D eigenvalue weighted by Crippen LogP contribution is 2.31. The van der Waals surface area contributed by atoms with E-state index in [2.05, 4.69) is 20.4 Å². The number of thiazole rings is 1. The molecule has 2 N–H and O–H groups in total. The van der Waals surface area contributed by atoms with Gasteiger partial charge in [0.2, 0.25) is 0 Å². The summed E-state index contributed by atoms with van der Waals surface area (Å²) in [4.78, 5) is 15.9. The molecule has 0 aliphatic heterocycles. The van der Waals surface area contributed by atoms with E-state index in [-0.39, 0.29) is 17.2 Å². The Labute approximate surface area is 129 Å². The highest BCUT2D eigenvalue weighted by Gasteiger charge is 2.13. The van der Waals surface area contributed by atoms with E-state index in [9.17, 15) is 13.6 Å². The summed E-state index contributed by atoms with van der Waals surface area (Å²) in [6.45, 7) is -1.19. The molecule has 2 amide bonds. The maximum absolute atomic E-state index is 12.3. The lowest BCUT2D eigenvalue weighted by Gasteiger charge is -2.12. The monoisotopic (exact) mass is 329 g/mol. The number of carbonyl (C=O) groups excluding carboxylic acids is 1. The number of aryl methyl sites for hydroxylation is 1. The summed E-state index contributed by atoms with van der Waals surface area (Å²) in [5.74, 6) is -0.0257. The number of methoxy groups -OCH3 is 1. The summed E-state index contributed by atoms with van der Waals surface area (Å²) in [7, 11) is 1.33. The Bertz CT molecular complexity index is 664. The first-order chi connectivity index (χ1) is 10.5. The van der Waals surface area contributed by atoms with Gasteiger partial charge in [-0.3, -0.25) is 5.32 Å². The van der Waals surface area contributed by atoms with Crippen molar-refractivity contribution in [2.24, 2.45) is 0 Å². The lowest BCUT2D eigenvalue weighted by molar-refractivity contribution is -0.0511. The van der Waals surface area contributed by atoms with Gasteiger partial charge in [-0.25, -0.2) is 9.78 Å². The molecule has 0 unspecified atom stereocenters. The average molecular weight is 329 g/mol. The first-order valence-electron chi connectivity index (χ1n) is 6.11. The number of halogens is 2. The molecule has 9 heteroatoms. The molecule has 0 aliphatic carbocycles. The van der Waals surface area contributed by atoms with Gasteiger partial charge in [-0.15, -0.1) is 11.3 Å². The minimum Gasteiger partial charge on any atom is -0.493 e. The van der Waals surface area contributed by atoms with Crippen molar-refractivity contribution in [2.45, 2.75) is 13.5 Å². The molecular weight excluding hydrogens is 316 g/mol. The van der Waals surface area contributed by atoms with Crippen molar-refractivity contribution in [1.82, 2.24) is 4.98 Å². The number of amides is 2. The molecule has 22 heavy (non-hydrogen) atoms. The highest BCUT2D eigenvalue weighted by atomic mass is 32.1. The summed E-state index contributed by atoms with van der Waals surface area (Å²) < 4.78 is 33.9. The van der Waals surface area contributed by atoms with Crippen LogP contribution < -0.4 is 20.1 Å². The smallest absolute Gasteiger partial charge is 0.387 e. The molecule has 1 aromatic carbocycles. The molecule has 1 heterocycles. The van der Waals surface area contributed by atoms with Crippen molar-refractivity contribution >= 4 is 28.2 Å². The van der Waals surface area contributed by atoms with Gasteiger partial charge in [-0.1, -0.05) is 0 Å². The number of alkyl halides is 2. The Balaban J connectivity index is 2.06. The third kappa shape index (κ3) is 4.29. The lowest BCUT2D eigenvalue weighted by atomic mass is 10.3. The second-order valence-electron chi connectivity index (χ2n) is 4.12. The zero-order valence-corrected chi connectivity index (χ0v) is 12.5. The van der Waals surface area contributed by atoms with Gasteiger partial charge in [0.15, 0.2) is 16.6 Å².